The number of amides is 1. The first kappa shape index (κ1) is 13.2. The Hall–Kier alpha value is -0.770. The Kier molecular flexibility index (Phi) is 2.70. The lowest BCUT2D eigenvalue weighted by Crippen LogP contribution is -2.66. The SMILES string of the molecule is CC(C)(C)OC(=O)N1CC2(CO)CC(C3CC3)(C1)C2. The van der Waals surface area contributed by atoms with Crippen molar-refractivity contribution in [1.82, 2.24) is 4.90 Å². The Bertz CT molecular complexity index is 389. The van der Waals surface area contributed by atoms with Gasteiger partial charge in [-0.2, -0.15) is 0 Å². The van der Waals surface area contributed by atoms with E-state index >= 15 is 0 Å². The van der Waals surface area contributed by atoms with Crippen LogP contribution in [0.3, 0.4) is 0 Å². The molecule has 0 aromatic carbocycles. The Labute approximate surface area is 115 Å². The summed E-state index contributed by atoms with van der Waals surface area (Å²) in [7, 11) is 0. The maximum Gasteiger partial charge on any atom is 0.410 e. The Balaban J connectivity index is 1.71. The molecule has 4 rings (SSSR count). The largest absolute Gasteiger partial charge is 0.444 e. The first-order valence-corrected chi connectivity index (χ1v) is 7.36. The van der Waals surface area contributed by atoms with Crippen LogP contribution in [0.2, 0.25) is 0 Å². The highest BCUT2D eigenvalue weighted by atomic mass is 16.6. The zero-order chi connectivity index (χ0) is 13.9. The molecule has 4 nitrogen and oxygen atoms in total. The molecule has 0 aromatic heterocycles. The number of carbonyl (C=O) groups is 1. The maximum atomic E-state index is 12.2. The normalized spacial score (nSPS) is 37.8. The van der Waals surface area contributed by atoms with Crippen LogP contribution in [0.1, 0.15) is 46.5 Å². The number of piperidine rings is 2. The summed E-state index contributed by atoms with van der Waals surface area (Å²) in [5.74, 6) is 0.775. The van der Waals surface area contributed by atoms with Gasteiger partial charge in [0.1, 0.15) is 5.60 Å². The van der Waals surface area contributed by atoms with Crippen molar-refractivity contribution < 1.29 is 14.6 Å². The zero-order valence-corrected chi connectivity index (χ0v) is 12.2. The van der Waals surface area contributed by atoms with Gasteiger partial charge >= 0.3 is 6.09 Å². The van der Waals surface area contributed by atoms with Gasteiger partial charge in [-0.25, -0.2) is 4.79 Å². The van der Waals surface area contributed by atoms with E-state index in [1.165, 1.54) is 12.8 Å². The molecule has 2 heterocycles. The maximum absolute atomic E-state index is 12.2. The molecule has 19 heavy (non-hydrogen) atoms. The van der Waals surface area contributed by atoms with E-state index in [9.17, 15) is 9.90 Å². The fourth-order valence-corrected chi connectivity index (χ4v) is 4.24. The molecule has 0 aromatic rings. The van der Waals surface area contributed by atoms with Crippen LogP contribution in [-0.4, -0.2) is 41.4 Å². The van der Waals surface area contributed by atoms with E-state index in [1.54, 1.807) is 0 Å². The highest BCUT2D eigenvalue weighted by Gasteiger charge is 2.65. The molecule has 2 saturated carbocycles. The minimum Gasteiger partial charge on any atom is -0.444 e. The van der Waals surface area contributed by atoms with Gasteiger partial charge in [-0.3, -0.25) is 0 Å². The lowest BCUT2D eigenvalue weighted by Gasteiger charge is -2.63. The molecule has 0 atom stereocenters. The van der Waals surface area contributed by atoms with Crippen molar-refractivity contribution in [3.8, 4) is 0 Å². The first-order chi connectivity index (χ1) is 8.78. The number of hydrogen-bond donors (Lipinski definition) is 1. The summed E-state index contributed by atoms with van der Waals surface area (Å²) in [6, 6.07) is 0. The number of aliphatic hydroxyl groups excluding tert-OH is 1. The van der Waals surface area contributed by atoms with Gasteiger partial charge < -0.3 is 14.7 Å². The molecule has 0 spiro atoms. The monoisotopic (exact) mass is 267 g/mol. The third-order valence-electron chi connectivity index (χ3n) is 4.92. The molecular formula is C15H25NO3. The second-order valence-corrected chi connectivity index (χ2v) is 7.98. The fourth-order valence-electron chi connectivity index (χ4n) is 4.24. The summed E-state index contributed by atoms with van der Waals surface area (Å²) in [5, 5.41) is 9.66. The Morgan fingerprint density at radius 1 is 1.32 bits per heavy atom. The van der Waals surface area contributed by atoms with Crippen molar-refractivity contribution in [1.29, 1.82) is 0 Å². The average Bonchev–Trinajstić information content (AvgIpc) is 3.09. The van der Waals surface area contributed by atoms with Gasteiger partial charge in [0, 0.05) is 18.5 Å². The molecule has 2 aliphatic carbocycles. The van der Waals surface area contributed by atoms with E-state index in [-0.39, 0.29) is 23.5 Å². The molecule has 2 saturated heterocycles. The van der Waals surface area contributed by atoms with E-state index in [0.29, 0.717) is 6.54 Å². The van der Waals surface area contributed by atoms with Crippen molar-refractivity contribution in [2.75, 3.05) is 19.7 Å². The van der Waals surface area contributed by atoms with Crippen LogP contribution in [0.25, 0.3) is 0 Å². The third-order valence-corrected chi connectivity index (χ3v) is 4.92. The van der Waals surface area contributed by atoms with Crippen molar-refractivity contribution in [3.63, 3.8) is 0 Å². The molecule has 0 unspecified atom stereocenters. The Morgan fingerprint density at radius 3 is 2.42 bits per heavy atom. The predicted molar refractivity (Wildman–Crippen MR) is 71.7 cm³/mol. The van der Waals surface area contributed by atoms with Crippen molar-refractivity contribution in [2.24, 2.45) is 16.7 Å². The quantitative estimate of drug-likeness (QED) is 0.836. The van der Waals surface area contributed by atoms with Crippen LogP contribution in [0.5, 0.6) is 0 Å². The minimum atomic E-state index is -0.447. The number of rotatable bonds is 2. The fraction of sp³-hybridized carbons (Fsp3) is 0.933. The summed E-state index contributed by atoms with van der Waals surface area (Å²) in [4.78, 5) is 14.1. The molecular weight excluding hydrogens is 242 g/mol. The lowest BCUT2D eigenvalue weighted by atomic mass is 9.48. The van der Waals surface area contributed by atoms with Gasteiger partial charge in [0.25, 0.3) is 0 Å². The highest BCUT2D eigenvalue weighted by Crippen LogP contribution is 2.67. The van der Waals surface area contributed by atoms with Crippen molar-refractivity contribution >= 4 is 6.09 Å². The second kappa shape index (κ2) is 3.87. The molecule has 108 valence electrons. The summed E-state index contributed by atoms with van der Waals surface area (Å²) < 4.78 is 5.49. The highest BCUT2D eigenvalue weighted by molar-refractivity contribution is 5.68. The van der Waals surface area contributed by atoms with E-state index in [0.717, 1.165) is 25.3 Å². The first-order valence-electron chi connectivity index (χ1n) is 7.36. The van der Waals surface area contributed by atoms with Crippen LogP contribution in [0.15, 0.2) is 0 Å². The van der Waals surface area contributed by atoms with Crippen molar-refractivity contribution in [3.05, 3.63) is 0 Å². The van der Waals surface area contributed by atoms with E-state index in [4.69, 9.17) is 4.74 Å². The predicted octanol–water partition coefficient (Wildman–Crippen LogP) is 2.41. The third kappa shape index (κ3) is 2.24. The molecule has 4 heteroatoms. The number of nitrogens with zero attached hydrogens (tertiary/aromatic N) is 1. The molecule has 4 aliphatic rings. The summed E-state index contributed by atoms with van der Waals surface area (Å²) >= 11 is 0. The molecule has 4 fully saturated rings. The number of carbonyl (C=O) groups excluding carboxylic acids is 1. The summed E-state index contributed by atoms with van der Waals surface area (Å²) in [5.41, 5.74) is -0.201. The molecule has 0 radical (unpaired) electrons. The molecule has 1 N–H and O–H groups in total. The smallest absolute Gasteiger partial charge is 0.410 e. The summed E-state index contributed by atoms with van der Waals surface area (Å²) in [6.07, 6.45) is 4.57. The van der Waals surface area contributed by atoms with Gasteiger partial charge in [-0.05, 0) is 57.8 Å². The van der Waals surface area contributed by atoms with Gasteiger partial charge in [-0.1, -0.05) is 0 Å². The average molecular weight is 267 g/mol. The molecule has 1 amide bonds. The molecule has 2 bridgehead atoms. The number of aliphatic hydroxyl groups is 1. The van der Waals surface area contributed by atoms with Crippen LogP contribution < -0.4 is 0 Å². The topological polar surface area (TPSA) is 49.8 Å². The van der Waals surface area contributed by atoms with Gasteiger partial charge in [0.15, 0.2) is 0 Å². The minimum absolute atomic E-state index is 0.0439. The van der Waals surface area contributed by atoms with Crippen LogP contribution in [-0.2, 0) is 4.74 Å². The van der Waals surface area contributed by atoms with Crippen molar-refractivity contribution in [2.45, 2.75) is 52.1 Å². The molecule has 2 aliphatic heterocycles. The number of ether oxygens (including phenoxy) is 1. The van der Waals surface area contributed by atoms with E-state index in [2.05, 4.69) is 0 Å². The zero-order valence-electron chi connectivity index (χ0n) is 12.2. The van der Waals surface area contributed by atoms with Crippen LogP contribution in [0.4, 0.5) is 4.79 Å². The van der Waals surface area contributed by atoms with Crippen LogP contribution in [0, 0.1) is 16.7 Å². The van der Waals surface area contributed by atoms with E-state index in [1.807, 2.05) is 25.7 Å². The van der Waals surface area contributed by atoms with Gasteiger partial charge in [0.05, 0.1) is 6.61 Å². The second-order valence-electron chi connectivity index (χ2n) is 7.98. The Morgan fingerprint density at radius 2 is 1.95 bits per heavy atom. The standard InChI is InChI=1S/C15H25NO3/c1-13(2,3)19-12(18)16-8-14(10-17)6-15(7-14,9-16)11-4-5-11/h11,17H,4-10H2,1-3H3. The summed E-state index contributed by atoms with van der Waals surface area (Å²) in [6.45, 7) is 7.37. The number of hydrogen-bond acceptors (Lipinski definition) is 3. The van der Waals surface area contributed by atoms with Gasteiger partial charge in [-0.15, -0.1) is 0 Å². The van der Waals surface area contributed by atoms with Gasteiger partial charge in [0.2, 0.25) is 0 Å². The number of fused-ring (bicyclic) bond motifs is 2. The lowest BCUT2D eigenvalue weighted by molar-refractivity contribution is -0.161. The van der Waals surface area contributed by atoms with E-state index < -0.39 is 5.60 Å². The van der Waals surface area contributed by atoms with Crippen LogP contribution >= 0.6 is 0 Å².